The first kappa shape index (κ1) is 13.7. The van der Waals surface area contributed by atoms with Crippen LogP contribution in [0.4, 0.5) is 0 Å². The van der Waals surface area contributed by atoms with Gasteiger partial charge in [-0.05, 0) is 31.3 Å². The number of hydrogen-bond acceptors (Lipinski definition) is 3. The third kappa shape index (κ3) is 3.39. The molecule has 0 aliphatic carbocycles. The number of nitrogens with one attached hydrogen (secondary N) is 2. The second-order valence-corrected chi connectivity index (χ2v) is 5.01. The summed E-state index contributed by atoms with van der Waals surface area (Å²) in [5.74, 6) is 0. The van der Waals surface area contributed by atoms with Gasteiger partial charge < -0.3 is 4.90 Å². The van der Waals surface area contributed by atoms with Gasteiger partial charge in [0, 0.05) is 19.5 Å². The first-order valence-corrected chi connectivity index (χ1v) is 6.57. The fourth-order valence-corrected chi connectivity index (χ4v) is 1.74. The number of para-hydroxylation sites is 1. The molecule has 5 heteroatoms. The van der Waals surface area contributed by atoms with E-state index in [-0.39, 0.29) is 6.04 Å². The zero-order chi connectivity index (χ0) is 13.8. The van der Waals surface area contributed by atoms with Gasteiger partial charge >= 0.3 is 0 Å². The normalized spacial score (nSPS) is 12.2. The summed E-state index contributed by atoms with van der Waals surface area (Å²) in [6.45, 7) is 2.04. The minimum atomic E-state index is 0.0718. The van der Waals surface area contributed by atoms with Crippen molar-refractivity contribution >= 4 is 28.2 Å². The van der Waals surface area contributed by atoms with Gasteiger partial charge in [-0.3, -0.25) is 10.4 Å². The van der Waals surface area contributed by atoms with E-state index in [1.807, 2.05) is 50.2 Å². The second-order valence-electron chi connectivity index (χ2n) is 4.62. The zero-order valence-corrected chi connectivity index (χ0v) is 12.2. The van der Waals surface area contributed by atoms with E-state index in [1.54, 1.807) is 0 Å². The summed E-state index contributed by atoms with van der Waals surface area (Å²) in [4.78, 5) is 6.47. The summed E-state index contributed by atoms with van der Waals surface area (Å²) in [7, 11) is 3.80. The molecule has 0 amide bonds. The third-order valence-electron chi connectivity index (χ3n) is 2.87. The molecule has 2 rings (SSSR count). The largest absolute Gasteiger partial charge is 0.354 e. The van der Waals surface area contributed by atoms with Crippen LogP contribution < -0.4 is 10.9 Å². The first-order chi connectivity index (χ1) is 9.08. The van der Waals surface area contributed by atoms with E-state index in [0.29, 0.717) is 5.11 Å². The molecule has 100 valence electrons. The lowest BCUT2D eigenvalue weighted by Gasteiger charge is -2.19. The highest BCUT2D eigenvalue weighted by Gasteiger charge is 2.08. The third-order valence-corrected chi connectivity index (χ3v) is 3.33. The average molecular weight is 274 g/mol. The number of hydrazine groups is 1. The van der Waals surface area contributed by atoms with Crippen LogP contribution in [0.3, 0.4) is 0 Å². The maximum absolute atomic E-state index is 5.16. The molecule has 0 radical (unpaired) electrons. The molecule has 1 aromatic carbocycles. The highest BCUT2D eigenvalue weighted by Crippen LogP contribution is 2.15. The molecule has 2 aromatic rings. The van der Waals surface area contributed by atoms with Gasteiger partial charge in [0.25, 0.3) is 0 Å². The van der Waals surface area contributed by atoms with Crippen LogP contribution in [0, 0.1) is 0 Å². The second kappa shape index (κ2) is 5.95. The van der Waals surface area contributed by atoms with E-state index in [0.717, 1.165) is 16.6 Å². The Morgan fingerprint density at radius 2 is 1.95 bits per heavy atom. The molecule has 0 aliphatic rings. The Kier molecular flexibility index (Phi) is 4.29. The van der Waals surface area contributed by atoms with E-state index >= 15 is 0 Å². The summed E-state index contributed by atoms with van der Waals surface area (Å²) in [5, 5.41) is 1.79. The molecule has 2 N–H and O–H groups in total. The number of hydrogen-bond donors (Lipinski definition) is 2. The number of rotatable bonds is 3. The van der Waals surface area contributed by atoms with Gasteiger partial charge in [-0.25, -0.2) is 5.43 Å². The molecule has 0 fully saturated rings. The SMILES string of the molecule is CC(NNC(=S)N(C)C)c1ccc2ccccc2n1. The molecule has 1 atom stereocenters. The smallest absolute Gasteiger partial charge is 0.182 e. The highest BCUT2D eigenvalue weighted by atomic mass is 32.1. The highest BCUT2D eigenvalue weighted by molar-refractivity contribution is 7.80. The van der Waals surface area contributed by atoms with Crippen molar-refractivity contribution in [1.29, 1.82) is 0 Å². The number of pyridine rings is 1. The molecule has 1 heterocycles. The Bertz CT molecular complexity index is 582. The first-order valence-electron chi connectivity index (χ1n) is 6.16. The van der Waals surface area contributed by atoms with Crippen LogP contribution in [0.1, 0.15) is 18.7 Å². The maximum atomic E-state index is 5.16. The number of aromatic nitrogens is 1. The van der Waals surface area contributed by atoms with Crippen molar-refractivity contribution in [2.45, 2.75) is 13.0 Å². The van der Waals surface area contributed by atoms with Crippen molar-refractivity contribution in [2.24, 2.45) is 0 Å². The molecule has 0 bridgehead atoms. The molecule has 0 spiro atoms. The van der Waals surface area contributed by atoms with Crippen molar-refractivity contribution in [3.8, 4) is 0 Å². The van der Waals surface area contributed by atoms with Crippen LogP contribution in [0.25, 0.3) is 10.9 Å². The average Bonchev–Trinajstić information content (AvgIpc) is 2.43. The molecular weight excluding hydrogens is 256 g/mol. The topological polar surface area (TPSA) is 40.2 Å². The van der Waals surface area contributed by atoms with Crippen LogP contribution in [0.5, 0.6) is 0 Å². The quantitative estimate of drug-likeness (QED) is 0.663. The minimum Gasteiger partial charge on any atom is -0.354 e. The summed E-state index contributed by atoms with van der Waals surface area (Å²) in [5.41, 5.74) is 8.13. The van der Waals surface area contributed by atoms with E-state index in [2.05, 4.69) is 28.0 Å². The number of thiocarbonyl (C=S) groups is 1. The summed E-state index contributed by atoms with van der Waals surface area (Å²) in [6.07, 6.45) is 0. The Morgan fingerprint density at radius 3 is 2.68 bits per heavy atom. The van der Waals surface area contributed by atoms with Crippen molar-refractivity contribution < 1.29 is 0 Å². The Hall–Kier alpha value is -1.72. The van der Waals surface area contributed by atoms with Gasteiger partial charge in [-0.15, -0.1) is 0 Å². The van der Waals surface area contributed by atoms with Gasteiger partial charge in [0.1, 0.15) is 0 Å². The van der Waals surface area contributed by atoms with E-state index < -0.39 is 0 Å². The Labute approximate surface area is 118 Å². The van der Waals surface area contributed by atoms with Gasteiger partial charge in [0.15, 0.2) is 5.11 Å². The van der Waals surface area contributed by atoms with Crippen LogP contribution in [-0.4, -0.2) is 29.1 Å². The molecule has 1 aromatic heterocycles. The fourth-order valence-electron chi connectivity index (χ4n) is 1.68. The van der Waals surface area contributed by atoms with Crippen molar-refractivity contribution in [3.05, 3.63) is 42.1 Å². The summed E-state index contributed by atoms with van der Waals surface area (Å²) >= 11 is 5.16. The van der Waals surface area contributed by atoms with E-state index in [1.165, 1.54) is 0 Å². The number of nitrogens with zero attached hydrogens (tertiary/aromatic N) is 2. The van der Waals surface area contributed by atoms with E-state index in [4.69, 9.17) is 12.2 Å². The standard InChI is InChI=1S/C14H18N4S/c1-10(16-17-14(19)18(2)3)12-9-8-11-6-4-5-7-13(11)15-12/h4-10,16H,1-3H3,(H,17,19). The lowest BCUT2D eigenvalue weighted by Crippen LogP contribution is -2.44. The van der Waals surface area contributed by atoms with E-state index in [9.17, 15) is 0 Å². The predicted octanol–water partition coefficient (Wildman–Crippen LogP) is 2.24. The summed E-state index contributed by atoms with van der Waals surface area (Å²) in [6, 6.07) is 12.3. The summed E-state index contributed by atoms with van der Waals surface area (Å²) < 4.78 is 0. The maximum Gasteiger partial charge on any atom is 0.182 e. The predicted molar refractivity (Wildman–Crippen MR) is 82.7 cm³/mol. The van der Waals surface area contributed by atoms with Gasteiger partial charge in [0.2, 0.25) is 0 Å². The zero-order valence-electron chi connectivity index (χ0n) is 11.3. The number of benzene rings is 1. The van der Waals surface area contributed by atoms with Crippen molar-refractivity contribution in [2.75, 3.05) is 14.1 Å². The van der Waals surface area contributed by atoms with Gasteiger partial charge in [-0.1, -0.05) is 24.3 Å². The molecule has 4 nitrogen and oxygen atoms in total. The molecule has 0 aliphatic heterocycles. The Morgan fingerprint density at radius 1 is 1.21 bits per heavy atom. The monoisotopic (exact) mass is 274 g/mol. The van der Waals surface area contributed by atoms with Crippen LogP contribution in [-0.2, 0) is 0 Å². The fraction of sp³-hybridized carbons (Fsp3) is 0.286. The number of fused-ring (bicyclic) bond motifs is 1. The minimum absolute atomic E-state index is 0.0718. The van der Waals surface area contributed by atoms with Gasteiger partial charge in [-0.2, -0.15) is 0 Å². The molecular formula is C14H18N4S. The van der Waals surface area contributed by atoms with Crippen LogP contribution in [0.2, 0.25) is 0 Å². The molecule has 0 saturated heterocycles. The molecule has 1 unspecified atom stereocenters. The lowest BCUT2D eigenvalue weighted by molar-refractivity contribution is 0.497. The molecule has 19 heavy (non-hydrogen) atoms. The molecule has 0 saturated carbocycles. The van der Waals surface area contributed by atoms with Crippen molar-refractivity contribution in [3.63, 3.8) is 0 Å². The van der Waals surface area contributed by atoms with Crippen molar-refractivity contribution in [1.82, 2.24) is 20.7 Å². The van der Waals surface area contributed by atoms with Crippen LogP contribution in [0.15, 0.2) is 36.4 Å². The van der Waals surface area contributed by atoms with Crippen LogP contribution >= 0.6 is 12.2 Å². The Balaban J connectivity index is 2.08. The lowest BCUT2D eigenvalue weighted by atomic mass is 10.1. The van der Waals surface area contributed by atoms with Gasteiger partial charge in [0.05, 0.1) is 17.3 Å².